The molecular weight excluding hydrogens is 260 g/mol. The molecule has 98 valence electrons. The van der Waals surface area contributed by atoms with E-state index in [0.29, 0.717) is 0 Å². The topological polar surface area (TPSA) is 53.2 Å². The van der Waals surface area contributed by atoms with E-state index < -0.39 is 0 Å². The molecule has 0 radical (unpaired) electrons. The number of aryl methyl sites for hydroxylation is 1. The lowest BCUT2D eigenvalue weighted by Gasteiger charge is -2.28. The summed E-state index contributed by atoms with van der Waals surface area (Å²) in [6.07, 6.45) is 1.96. The summed E-state index contributed by atoms with van der Waals surface area (Å²) in [6.45, 7) is 2.39. The van der Waals surface area contributed by atoms with Gasteiger partial charge in [-0.05, 0) is 36.1 Å². The number of H-pyrrole nitrogens is 1. The molecule has 0 unspecified atom stereocenters. The van der Waals surface area contributed by atoms with E-state index in [1.807, 2.05) is 22.4 Å². The molecule has 0 bridgehead atoms. The molecule has 4 nitrogen and oxygen atoms in total. The summed E-state index contributed by atoms with van der Waals surface area (Å²) in [7, 11) is 0. The van der Waals surface area contributed by atoms with Gasteiger partial charge in [0.05, 0.1) is 5.69 Å². The molecule has 1 N–H and O–H groups in total. The normalized spacial score (nSPS) is 14.3. The first-order valence-corrected chi connectivity index (χ1v) is 7.12. The highest BCUT2D eigenvalue weighted by Gasteiger charge is 2.20. The molecule has 3 rings (SSSR count). The van der Waals surface area contributed by atoms with E-state index in [1.165, 1.54) is 16.9 Å². The SMILES string of the molecule is CC(=O)N1CCCc2cc(-c3csc(=O)[nH]3)ccc21. The van der Waals surface area contributed by atoms with Gasteiger partial charge in [0, 0.05) is 24.5 Å². The number of aromatic amines is 1. The highest BCUT2D eigenvalue weighted by atomic mass is 32.1. The average molecular weight is 274 g/mol. The van der Waals surface area contributed by atoms with Crippen LogP contribution in [0.1, 0.15) is 18.9 Å². The van der Waals surface area contributed by atoms with Crippen molar-refractivity contribution in [2.24, 2.45) is 0 Å². The second-order valence-corrected chi connectivity index (χ2v) is 5.52. The number of anilines is 1. The molecule has 0 saturated carbocycles. The molecule has 1 aromatic heterocycles. The Morgan fingerprint density at radius 1 is 1.42 bits per heavy atom. The summed E-state index contributed by atoms with van der Waals surface area (Å²) in [5, 5.41) is 1.83. The molecule has 1 aromatic carbocycles. The van der Waals surface area contributed by atoms with E-state index in [2.05, 4.69) is 11.1 Å². The van der Waals surface area contributed by atoms with Crippen LogP contribution < -0.4 is 9.77 Å². The summed E-state index contributed by atoms with van der Waals surface area (Å²) in [6, 6.07) is 6.00. The maximum Gasteiger partial charge on any atom is 0.304 e. The molecule has 1 amide bonds. The average Bonchev–Trinajstić information content (AvgIpc) is 2.84. The number of thiazole rings is 1. The number of hydrogen-bond acceptors (Lipinski definition) is 3. The predicted octanol–water partition coefficient (Wildman–Crippen LogP) is 2.40. The number of carbonyl (C=O) groups is 1. The van der Waals surface area contributed by atoms with Gasteiger partial charge in [-0.15, -0.1) is 0 Å². The van der Waals surface area contributed by atoms with Gasteiger partial charge in [0.15, 0.2) is 0 Å². The summed E-state index contributed by atoms with van der Waals surface area (Å²) < 4.78 is 0. The summed E-state index contributed by atoms with van der Waals surface area (Å²) in [4.78, 5) is 27.4. The fourth-order valence-corrected chi connectivity index (χ4v) is 3.10. The fourth-order valence-electron chi connectivity index (χ4n) is 2.51. The van der Waals surface area contributed by atoms with Crippen LogP contribution in [0.3, 0.4) is 0 Å². The van der Waals surface area contributed by atoms with Crippen LogP contribution in [-0.2, 0) is 11.2 Å². The maximum absolute atomic E-state index is 11.6. The molecular formula is C14H14N2O2S. The Kier molecular flexibility index (Phi) is 2.98. The third kappa shape index (κ3) is 2.21. The second kappa shape index (κ2) is 4.66. The molecule has 2 heterocycles. The van der Waals surface area contributed by atoms with Crippen molar-refractivity contribution >= 4 is 22.9 Å². The molecule has 0 aliphatic carbocycles. The van der Waals surface area contributed by atoms with Crippen molar-refractivity contribution in [1.82, 2.24) is 4.98 Å². The molecule has 0 spiro atoms. The third-order valence-corrected chi connectivity index (χ3v) is 4.08. The predicted molar refractivity (Wildman–Crippen MR) is 76.7 cm³/mol. The van der Waals surface area contributed by atoms with Crippen molar-refractivity contribution in [3.8, 4) is 11.3 Å². The van der Waals surface area contributed by atoms with Gasteiger partial charge in [0.25, 0.3) is 0 Å². The van der Waals surface area contributed by atoms with E-state index in [-0.39, 0.29) is 10.8 Å². The van der Waals surface area contributed by atoms with E-state index in [4.69, 9.17) is 0 Å². The van der Waals surface area contributed by atoms with Crippen molar-refractivity contribution < 1.29 is 4.79 Å². The maximum atomic E-state index is 11.6. The van der Waals surface area contributed by atoms with Gasteiger partial charge < -0.3 is 9.88 Å². The van der Waals surface area contributed by atoms with Crippen molar-refractivity contribution in [3.05, 3.63) is 38.8 Å². The number of rotatable bonds is 1. The first kappa shape index (κ1) is 12.2. The Balaban J connectivity index is 2.04. The fraction of sp³-hybridized carbons (Fsp3) is 0.286. The van der Waals surface area contributed by atoms with E-state index in [9.17, 15) is 9.59 Å². The summed E-state index contributed by atoms with van der Waals surface area (Å²) >= 11 is 1.17. The van der Waals surface area contributed by atoms with Crippen molar-refractivity contribution in [2.75, 3.05) is 11.4 Å². The number of nitrogens with one attached hydrogen (secondary N) is 1. The number of fused-ring (bicyclic) bond motifs is 1. The smallest absolute Gasteiger partial charge is 0.304 e. The van der Waals surface area contributed by atoms with Gasteiger partial charge in [0.1, 0.15) is 0 Å². The lowest BCUT2D eigenvalue weighted by Crippen LogP contribution is -2.33. The first-order valence-electron chi connectivity index (χ1n) is 6.24. The summed E-state index contributed by atoms with van der Waals surface area (Å²) in [5.74, 6) is 0.0811. The van der Waals surface area contributed by atoms with E-state index >= 15 is 0 Å². The van der Waals surface area contributed by atoms with Gasteiger partial charge in [0.2, 0.25) is 5.91 Å². The number of carbonyl (C=O) groups excluding carboxylic acids is 1. The van der Waals surface area contributed by atoms with Gasteiger partial charge in [-0.1, -0.05) is 17.4 Å². The van der Waals surface area contributed by atoms with Crippen molar-refractivity contribution in [3.63, 3.8) is 0 Å². The lowest BCUT2D eigenvalue weighted by atomic mass is 9.98. The largest absolute Gasteiger partial charge is 0.312 e. The lowest BCUT2D eigenvalue weighted by molar-refractivity contribution is -0.116. The number of amides is 1. The van der Waals surface area contributed by atoms with Crippen LogP contribution in [0.15, 0.2) is 28.4 Å². The molecule has 5 heteroatoms. The summed E-state index contributed by atoms with van der Waals surface area (Å²) in [5.41, 5.74) is 4.02. The monoisotopic (exact) mass is 274 g/mol. The minimum atomic E-state index is -0.0434. The van der Waals surface area contributed by atoms with Crippen LogP contribution in [0.4, 0.5) is 5.69 Å². The van der Waals surface area contributed by atoms with Crippen LogP contribution in [0, 0.1) is 0 Å². The Bertz CT molecular complexity index is 687. The zero-order chi connectivity index (χ0) is 13.4. The Labute approximate surface area is 114 Å². The molecule has 0 saturated heterocycles. The van der Waals surface area contributed by atoms with E-state index in [0.717, 1.165) is 36.3 Å². The molecule has 0 atom stereocenters. The second-order valence-electron chi connectivity index (χ2n) is 4.68. The number of nitrogens with zero attached hydrogens (tertiary/aromatic N) is 1. The Morgan fingerprint density at radius 3 is 2.95 bits per heavy atom. The van der Waals surface area contributed by atoms with Crippen LogP contribution in [-0.4, -0.2) is 17.4 Å². The number of benzene rings is 1. The van der Waals surface area contributed by atoms with Gasteiger partial charge in [-0.3, -0.25) is 9.59 Å². The highest BCUT2D eigenvalue weighted by molar-refractivity contribution is 7.07. The number of aromatic nitrogens is 1. The van der Waals surface area contributed by atoms with E-state index in [1.54, 1.807) is 6.92 Å². The van der Waals surface area contributed by atoms with Crippen LogP contribution in [0.25, 0.3) is 11.3 Å². The highest BCUT2D eigenvalue weighted by Crippen LogP contribution is 2.31. The minimum Gasteiger partial charge on any atom is -0.312 e. The Hall–Kier alpha value is -1.88. The Morgan fingerprint density at radius 2 is 2.26 bits per heavy atom. The third-order valence-electron chi connectivity index (χ3n) is 3.41. The zero-order valence-electron chi connectivity index (χ0n) is 10.6. The quantitative estimate of drug-likeness (QED) is 0.868. The van der Waals surface area contributed by atoms with Crippen LogP contribution >= 0.6 is 11.3 Å². The van der Waals surface area contributed by atoms with Crippen LogP contribution in [0.5, 0.6) is 0 Å². The molecule has 0 fully saturated rings. The van der Waals surface area contributed by atoms with Crippen molar-refractivity contribution in [1.29, 1.82) is 0 Å². The number of hydrogen-bond donors (Lipinski definition) is 1. The first-order chi connectivity index (χ1) is 9.15. The zero-order valence-corrected chi connectivity index (χ0v) is 11.4. The van der Waals surface area contributed by atoms with Crippen molar-refractivity contribution in [2.45, 2.75) is 19.8 Å². The minimum absolute atomic E-state index is 0.0434. The molecule has 2 aromatic rings. The molecule has 19 heavy (non-hydrogen) atoms. The molecule has 1 aliphatic rings. The van der Waals surface area contributed by atoms with Crippen LogP contribution in [0.2, 0.25) is 0 Å². The van der Waals surface area contributed by atoms with Gasteiger partial charge >= 0.3 is 4.87 Å². The standard InChI is InChI=1S/C14H14N2O2S/c1-9(17)16-6-2-3-11-7-10(4-5-13(11)16)12-8-19-14(18)15-12/h4-5,7-8H,2-3,6H2,1H3,(H,15,18). The van der Waals surface area contributed by atoms with Gasteiger partial charge in [-0.2, -0.15) is 0 Å². The van der Waals surface area contributed by atoms with Gasteiger partial charge in [-0.25, -0.2) is 0 Å². The molecule has 1 aliphatic heterocycles.